The van der Waals surface area contributed by atoms with Crippen molar-refractivity contribution in [3.8, 4) is 27.0 Å². The van der Waals surface area contributed by atoms with Crippen LogP contribution in [0.2, 0.25) is 0 Å². The highest BCUT2D eigenvalue weighted by atomic mass is 32.1. The molecule has 5 heteroatoms. The normalized spacial score (nSPS) is 9.42. The van der Waals surface area contributed by atoms with Crippen LogP contribution in [0.1, 0.15) is 11.8 Å². The van der Waals surface area contributed by atoms with Gasteiger partial charge < -0.3 is 4.74 Å². The van der Waals surface area contributed by atoms with Crippen LogP contribution < -0.4 is 4.74 Å². The lowest BCUT2D eigenvalue weighted by atomic mass is 10.3. The van der Waals surface area contributed by atoms with Gasteiger partial charge in [-0.2, -0.15) is 10.5 Å². The maximum absolute atomic E-state index is 8.72. The zero-order valence-corrected chi connectivity index (χ0v) is 11.8. The van der Waals surface area contributed by atoms with Gasteiger partial charge in [0.05, 0.1) is 6.61 Å². The molecule has 2 aromatic rings. The Balaban J connectivity index is 2.24. The van der Waals surface area contributed by atoms with E-state index in [0.29, 0.717) is 6.61 Å². The summed E-state index contributed by atoms with van der Waals surface area (Å²) in [4.78, 5) is 3.14. The van der Waals surface area contributed by atoms with Crippen molar-refractivity contribution < 1.29 is 4.74 Å². The summed E-state index contributed by atoms with van der Waals surface area (Å²) < 4.78 is 5.44. The van der Waals surface area contributed by atoms with E-state index < -0.39 is 0 Å². The molecule has 0 saturated heterocycles. The van der Waals surface area contributed by atoms with Crippen LogP contribution in [0.4, 0.5) is 0 Å². The van der Waals surface area contributed by atoms with Gasteiger partial charge in [-0.25, -0.2) is 0 Å². The Morgan fingerprint density at radius 1 is 1.16 bits per heavy atom. The first-order valence-electron chi connectivity index (χ1n) is 5.61. The van der Waals surface area contributed by atoms with Gasteiger partial charge in [-0.15, -0.1) is 11.3 Å². The molecule has 0 atom stereocenters. The number of hydrogen-bond donors (Lipinski definition) is 0. The van der Waals surface area contributed by atoms with Crippen molar-refractivity contribution >= 4 is 28.7 Å². The highest BCUT2D eigenvalue weighted by molar-refractivity contribution is 7.23. The molecule has 0 N–H and O–H groups in total. The van der Waals surface area contributed by atoms with Crippen molar-refractivity contribution in [3.63, 3.8) is 0 Å². The third kappa shape index (κ3) is 3.23. The number of allylic oxidation sites excluding steroid dienone is 1. The van der Waals surface area contributed by atoms with Gasteiger partial charge in [-0.3, -0.25) is 0 Å². The van der Waals surface area contributed by atoms with Gasteiger partial charge in [0.1, 0.15) is 17.7 Å². The van der Waals surface area contributed by atoms with E-state index in [1.807, 2.05) is 43.3 Å². The maximum atomic E-state index is 8.72. The molecular weight excluding hydrogens is 276 g/mol. The molecule has 94 valence electrons. The molecule has 0 aromatic carbocycles. The summed E-state index contributed by atoms with van der Waals surface area (Å²) in [6.07, 6.45) is 1.60. The third-order valence-electron chi connectivity index (χ3n) is 2.27. The predicted octanol–water partition coefficient (Wildman–Crippen LogP) is 4.31. The number of nitrogens with zero attached hydrogens (tertiary/aromatic N) is 2. The molecule has 2 aromatic heterocycles. The van der Waals surface area contributed by atoms with E-state index in [1.54, 1.807) is 28.7 Å². The largest absolute Gasteiger partial charge is 0.484 e. The number of hydrogen-bond acceptors (Lipinski definition) is 5. The number of ether oxygens (including phenoxy) is 1. The summed E-state index contributed by atoms with van der Waals surface area (Å²) in [6, 6.07) is 11.6. The molecule has 0 saturated carbocycles. The SMILES string of the molecule is CCOc1ccc(-c2ccc(C=C(C#N)C#N)s2)s1. The van der Waals surface area contributed by atoms with Gasteiger partial charge >= 0.3 is 0 Å². The van der Waals surface area contributed by atoms with Crippen LogP contribution in [0.3, 0.4) is 0 Å². The molecule has 0 spiro atoms. The zero-order valence-electron chi connectivity index (χ0n) is 10.2. The molecule has 0 aliphatic rings. The van der Waals surface area contributed by atoms with Crippen molar-refractivity contribution in [2.24, 2.45) is 0 Å². The first kappa shape index (κ1) is 13.4. The Hall–Kier alpha value is -2.08. The Morgan fingerprint density at radius 3 is 2.53 bits per heavy atom. The van der Waals surface area contributed by atoms with Crippen LogP contribution in [0, 0.1) is 22.7 Å². The van der Waals surface area contributed by atoms with E-state index in [1.165, 1.54) is 0 Å². The Labute approximate surface area is 119 Å². The van der Waals surface area contributed by atoms with E-state index >= 15 is 0 Å². The van der Waals surface area contributed by atoms with Crippen LogP contribution in [0.15, 0.2) is 29.8 Å². The van der Waals surface area contributed by atoms with E-state index in [2.05, 4.69) is 0 Å². The Morgan fingerprint density at radius 2 is 1.84 bits per heavy atom. The highest BCUT2D eigenvalue weighted by Gasteiger charge is 2.06. The second-order valence-electron chi connectivity index (χ2n) is 3.54. The van der Waals surface area contributed by atoms with Crippen molar-refractivity contribution in [1.29, 1.82) is 10.5 Å². The minimum absolute atomic E-state index is 0.120. The molecule has 2 heterocycles. The lowest BCUT2D eigenvalue weighted by molar-refractivity contribution is 0.350. The summed E-state index contributed by atoms with van der Waals surface area (Å²) >= 11 is 3.14. The quantitative estimate of drug-likeness (QED) is 0.787. The molecule has 0 amide bonds. The second kappa shape index (κ2) is 6.19. The van der Waals surface area contributed by atoms with Crippen molar-refractivity contribution in [2.45, 2.75) is 6.92 Å². The first-order valence-corrected chi connectivity index (χ1v) is 7.25. The molecule has 19 heavy (non-hydrogen) atoms. The number of rotatable bonds is 4. The summed E-state index contributed by atoms with van der Waals surface area (Å²) in [5.41, 5.74) is 0.120. The van der Waals surface area contributed by atoms with Crippen LogP contribution in [0.5, 0.6) is 5.06 Å². The first-order chi connectivity index (χ1) is 9.26. The summed E-state index contributed by atoms with van der Waals surface area (Å²) in [5.74, 6) is 0. The van der Waals surface area contributed by atoms with Crippen LogP contribution in [-0.2, 0) is 0 Å². The minimum Gasteiger partial charge on any atom is -0.484 e. The van der Waals surface area contributed by atoms with E-state index in [-0.39, 0.29) is 5.57 Å². The fraction of sp³-hybridized carbons (Fsp3) is 0.143. The van der Waals surface area contributed by atoms with Crippen LogP contribution in [-0.4, -0.2) is 6.61 Å². The summed E-state index contributed by atoms with van der Waals surface area (Å²) in [6.45, 7) is 2.62. The number of thiophene rings is 2. The van der Waals surface area contributed by atoms with Crippen molar-refractivity contribution in [3.05, 3.63) is 34.7 Å². The fourth-order valence-corrected chi connectivity index (χ4v) is 3.42. The van der Waals surface area contributed by atoms with Gasteiger partial charge in [-0.1, -0.05) is 11.3 Å². The number of nitriles is 2. The molecule has 0 fully saturated rings. The molecule has 3 nitrogen and oxygen atoms in total. The molecule has 2 rings (SSSR count). The molecule has 0 aliphatic carbocycles. The molecule has 0 radical (unpaired) electrons. The monoisotopic (exact) mass is 286 g/mol. The van der Waals surface area contributed by atoms with Crippen LogP contribution in [0.25, 0.3) is 15.8 Å². The average Bonchev–Trinajstić information content (AvgIpc) is 3.05. The lowest BCUT2D eigenvalue weighted by Crippen LogP contribution is -1.86. The van der Waals surface area contributed by atoms with Gasteiger partial charge in [0.15, 0.2) is 5.06 Å². The lowest BCUT2D eigenvalue weighted by Gasteiger charge is -1.95. The van der Waals surface area contributed by atoms with Gasteiger partial charge in [-0.05, 0) is 37.3 Å². The zero-order chi connectivity index (χ0) is 13.7. The average molecular weight is 286 g/mol. The molecule has 0 bridgehead atoms. The van der Waals surface area contributed by atoms with E-state index in [4.69, 9.17) is 15.3 Å². The smallest absolute Gasteiger partial charge is 0.174 e. The standard InChI is InChI=1S/C14H10N2OS2/c1-2-17-14-6-5-13(19-14)12-4-3-11(18-12)7-10(8-15)9-16/h3-7H,2H2,1H3. The fourth-order valence-electron chi connectivity index (χ4n) is 1.47. The Kier molecular flexibility index (Phi) is 4.35. The van der Waals surface area contributed by atoms with Crippen molar-refractivity contribution in [1.82, 2.24) is 0 Å². The van der Waals surface area contributed by atoms with Gasteiger partial charge in [0, 0.05) is 14.6 Å². The molecule has 0 aliphatic heterocycles. The van der Waals surface area contributed by atoms with Gasteiger partial charge in [0.2, 0.25) is 0 Å². The maximum Gasteiger partial charge on any atom is 0.174 e. The Bertz CT molecular complexity index is 667. The summed E-state index contributed by atoms with van der Waals surface area (Å²) in [7, 11) is 0. The third-order valence-corrected chi connectivity index (χ3v) is 4.49. The van der Waals surface area contributed by atoms with Crippen LogP contribution >= 0.6 is 22.7 Å². The minimum atomic E-state index is 0.120. The topological polar surface area (TPSA) is 56.8 Å². The second-order valence-corrected chi connectivity index (χ2v) is 5.70. The predicted molar refractivity (Wildman–Crippen MR) is 78.0 cm³/mol. The molecule has 0 unspecified atom stereocenters. The highest BCUT2D eigenvalue weighted by Crippen LogP contribution is 2.37. The van der Waals surface area contributed by atoms with E-state index in [9.17, 15) is 0 Å². The van der Waals surface area contributed by atoms with E-state index in [0.717, 1.165) is 19.7 Å². The van der Waals surface area contributed by atoms with Crippen molar-refractivity contribution in [2.75, 3.05) is 6.61 Å². The summed E-state index contributed by atoms with van der Waals surface area (Å²) in [5, 5.41) is 18.3. The molecular formula is C14H10N2OS2. The van der Waals surface area contributed by atoms with Gasteiger partial charge in [0.25, 0.3) is 0 Å².